The molecule has 0 radical (unpaired) electrons. The Kier molecular flexibility index (Phi) is 3.45. The van der Waals surface area contributed by atoms with Gasteiger partial charge in [-0.1, -0.05) is 19.3 Å². The maximum absolute atomic E-state index is 6.01. The summed E-state index contributed by atoms with van der Waals surface area (Å²) in [4.78, 5) is 0. The Balaban J connectivity index is 1.85. The summed E-state index contributed by atoms with van der Waals surface area (Å²) in [6.45, 7) is 2.24. The van der Waals surface area contributed by atoms with Crippen molar-refractivity contribution in [3.05, 3.63) is 0 Å². The topological polar surface area (TPSA) is 38.0 Å². The third-order valence-electron chi connectivity index (χ3n) is 4.15. The van der Waals surface area contributed by atoms with Crippen LogP contribution in [-0.4, -0.2) is 18.1 Å². The molecule has 0 bridgehead atoms. The number of rotatable bonds is 1. The Bertz CT molecular complexity index is 175. The van der Waals surface area contributed by atoms with E-state index in [-0.39, 0.29) is 0 Å². The lowest BCUT2D eigenvalue weighted by Gasteiger charge is -2.39. The van der Waals surface area contributed by atoms with Crippen LogP contribution in [0, 0.1) is 5.92 Å². The predicted molar refractivity (Wildman–Crippen MR) is 60.2 cm³/mol. The summed E-state index contributed by atoms with van der Waals surface area (Å²) in [5, 5.41) is 3.71. The lowest BCUT2D eigenvalue weighted by atomic mass is 9.79. The molecule has 0 amide bonds. The smallest absolute Gasteiger partial charge is 0.0193 e. The number of hydrogen-bond donors (Lipinski definition) is 2. The Morgan fingerprint density at radius 3 is 2.36 bits per heavy atom. The molecule has 0 aromatic heterocycles. The second-order valence-corrected chi connectivity index (χ2v) is 5.20. The van der Waals surface area contributed by atoms with Gasteiger partial charge < -0.3 is 11.1 Å². The molecule has 0 spiro atoms. The van der Waals surface area contributed by atoms with Crippen molar-refractivity contribution in [1.82, 2.24) is 5.32 Å². The van der Waals surface area contributed by atoms with Crippen molar-refractivity contribution >= 4 is 0 Å². The van der Waals surface area contributed by atoms with E-state index in [0.717, 1.165) is 12.0 Å². The SMILES string of the molecule is CC1NC(C2CCCCC2)CCC1N. The molecule has 2 nitrogen and oxygen atoms in total. The van der Waals surface area contributed by atoms with Crippen molar-refractivity contribution < 1.29 is 0 Å². The second-order valence-electron chi connectivity index (χ2n) is 5.20. The normalized spacial score (nSPS) is 41.1. The summed E-state index contributed by atoms with van der Waals surface area (Å²) < 4.78 is 0. The highest BCUT2D eigenvalue weighted by atomic mass is 15.0. The van der Waals surface area contributed by atoms with E-state index in [9.17, 15) is 0 Å². The Hall–Kier alpha value is -0.0800. The molecule has 3 unspecified atom stereocenters. The van der Waals surface area contributed by atoms with Crippen LogP contribution < -0.4 is 11.1 Å². The van der Waals surface area contributed by atoms with Crippen molar-refractivity contribution in [3.8, 4) is 0 Å². The van der Waals surface area contributed by atoms with Gasteiger partial charge >= 0.3 is 0 Å². The summed E-state index contributed by atoms with van der Waals surface area (Å²) >= 11 is 0. The second kappa shape index (κ2) is 4.63. The van der Waals surface area contributed by atoms with Crippen molar-refractivity contribution in [2.75, 3.05) is 0 Å². The van der Waals surface area contributed by atoms with E-state index in [4.69, 9.17) is 5.73 Å². The molecule has 2 aliphatic rings. The van der Waals surface area contributed by atoms with E-state index in [0.29, 0.717) is 12.1 Å². The third kappa shape index (κ3) is 2.29. The van der Waals surface area contributed by atoms with Gasteiger partial charge in [-0.05, 0) is 38.5 Å². The minimum atomic E-state index is 0.384. The van der Waals surface area contributed by atoms with Gasteiger partial charge in [0.1, 0.15) is 0 Å². The zero-order chi connectivity index (χ0) is 9.97. The fraction of sp³-hybridized carbons (Fsp3) is 1.00. The molecular formula is C12H24N2. The molecule has 82 valence electrons. The van der Waals surface area contributed by atoms with Crippen LogP contribution in [-0.2, 0) is 0 Å². The molecule has 1 aliphatic heterocycles. The molecule has 1 heterocycles. The molecular weight excluding hydrogens is 172 g/mol. The van der Waals surface area contributed by atoms with Crippen LogP contribution in [0.15, 0.2) is 0 Å². The summed E-state index contributed by atoms with van der Waals surface area (Å²) in [7, 11) is 0. The number of piperidine rings is 1. The maximum atomic E-state index is 6.01. The van der Waals surface area contributed by atoms with Crippen LogP contribution in [0.4, 0.5) is 0 Å². The zero-order valence-electron chi connectivity index (χ0n) is 9.34. The number of hydrogen-bond acceptors (Lipinski definition) is 2. The summed E-state index contributed by atoms with van der Waals surface area (Å²) in [6, 6.07) is 1.68. The van der Waals surface area contributed by atoms with Gasteiger partial charge in [-0.15, -0.1) is 0 Å². The summed E-state index contributed by atoms with van der Waals surface area (Å²) in [5.41, 5.74) is 6.01. The monoisotopic (exact) mass is 196 g/mol. The Morgan fingerprint density at radius 1 is 1.00 bits per heavy atom. The number of nitrogens with one attached hydrogen (secondary N) is 1. The predicted octanol–water partition coefficient (Wildman–Crippen LogP) is 2.03. The van der Waals surface area contributed by atoms with Crippen LogP contribution >= 0.6 is 0 Å². The molecule has 1 saturated heterocycles. The van der Waals surface area contributed by atoms with E-state index in [1.807, 2.05) is 0 Å². The highest BCUT2D eigenvalue weighted by Crippen LogP contribution is 2.30. The van der Waals surface area contributed by atoms with Crippen molar-refractivity contribution in [2.45, 2.75) is 70.0 Å². The third-order valence-corrected chi connectivity index (χ3v) is 4.15. The fourth-order valence-electron chi connectivity index (χ4n) is 3.07. The van der Waals surface area contributed by atoms with Crippen molar-refractivity contribution in [2.24, 2.45) is 11.7 Å². The zero-order valence-corrected chi connectivity index (χ0v) is 9.34. The van der Waals surface area contributed by atoms with Gasteiger partial charge in [0, 0.05) is 18.1 Å². The van der Waals surface area contributed by atoms with Gasteiger partial charge in [-0.25, -0.2) is 0 Å². The summed E-state index contributed by atoms with van der Waals surface area (Å²) in [6.07, 6.45) is 9.76. The lowest BCUT2D eigenvalue weighted by Crippen LogP contribution is -2.54. The lowest BCUT2D eigenvalue weighted by molar-refractivity contribution is 0.196. The minimum absolute atomic E-state index is 0.384. The van der Waals surface area contributed by atoms with E-state index < -0.39 is 0 Å². The van der Waals surface area contributed by atoms with E-state index >= 15 is 0 Å². The van der Waals surface area contributed by atoms with Crippen LogP contribution in [0.3, 0.4) is 0 Å². The molecule has 1 aliphatic carbocycles. The van der Waals surface area contributed by atoms with E-state index in [1.54, 1.807) is 0 Å². The molecule has 2 rings (SSSR count). The van der Waals surface area contributed by atoms with Gasteiger partial charge in [0.25, 0.3) is 0 Å². The molecule has 3 atom stereocenters. The molecule has 14 heavy (non-hydrogen) atoms. The highest BCUT2D eigenvalue weighted by molar-refractivity contribution is 4.90. The van der Waals surface area contributed by atoms with Gasteiger partial charge in [0.15, 0.2) is 0 Å². The molecule has 2 fully saturated rings. The average Bonchev–Trinajstić information content (AvgIpc) is 2.23. The van der Waals surface area contributed by atoms with E-state index in [2.05, 4.69) is 12.2 Å². The first-order chi connectivity index (χ1) is 6.77. The molecule has 2 heteroatoms. The quantitative estimate of drug-likeness (QED) is 0.673. The standard InChI is InChI=1S/C12H24N2/c1-9-11(13)7-8-12(14-9)10-5-3-2-4-6-10/h9-12,14H,2-8,13H2,1H3. The van der Waals surface area contributed by atoms with Crippen LogP contribution in [0.1, 0.15) is 51.9 Å². The Morgan fingerprint density at radius 2 is 1.71 bits per heavy atom. The van der Waals surface area contributed by atoms with Gasteiger partial charge in [0.05, 0.1) is 0 Å². The van der Waals surface area contributed by atoms with Gasteiger partial charge in [-0.2, -0.15) is 0 Å². The maximum Gasteiger partial charge on any atom is 0.0193 e. The van der Waals surface area contributed by atoms with Gasteiger partial charge in [0.2, 0.25) is 0 Å². The first-order valence-corrected chi connectivity index (χ1v) is 6.29. The molecule has 3 N–H and O–H groups in total. The van der Waals surface area contributed by atoms with Crippen LogP contribution in [0.5, 0.6) is 0 Å². The van der Waals surface area contributed by atoms with Gasteiger partial charge in [-0.3, -0.25) is 0 Å². The van der Waals surface area contributed by atoms with Crippen LogP contribution in [0.25, 0.3) is 0 Å². The van der Waals surface area contributed by atoms with E-state index in [1.165, 1.54) is 44.9 Å². The fourth-order valence-corrected chi connectivity index (χ4v) is 3.07. The number of nitrogens with two attached hydrogens (primary N) is 1. The Labute approximate surface area is 87.6 Å². The first kappa shape index (κ1) is 10.4. The first-order valence-electron chi connectivity index (χ1n) is 6.29. The van der Waals surface area contributed by atoms with Crippen molar-refractivity contribution in [3.63, 3.8) is 0 Å². The molecule has 1 saturated carbocycles. The highest BCUT2D eigenvalue weighted by Gasteiger charge is 2.30. The summed E-state index contributed by atoms with van der Waals surface area (Å²) in [5.74, 6) is 0.943. The molecule has 0 aromatic rings. The molecule has 0 aromatic carbocycles. The largest absolute Gasteiger partial charge is 0.326 e. The van der Waals surface area contributed by atoms with Crippen molar-refractivity contribution in [1.29, 1.82) is 0 Å². The average molecular weight is 196 g/mol. The van der Waals surface area contributed by atoms with Crippen LogP contribution in [0.2, 0.25) is 0 Å². The minimum Gasteiger partial charge on any atom is -0.326 e.